The lowest BCUT2D eigenvalue weighted by Crippen LogP contribution is -2.26. The fourth-order valence-electron chi connectivity index (χ4n) is 1.04. The molecule has 0 spiro atoms. The van der Waals surface area contributed by atoms with Gasteiger partial charge in [-0.2, -0.15) is 0 Å². The van der Waals surface area contributed by atoms with E-state index in [-0.39, 0.29) is 0 Å². The van der Waals surface area contributed by atoms with E-state index in [1.807, 2.05) is 0 Å². The standard InChI is InChI=1S/C7H11NO/c9-6-8-7-4-2-1-3-5-7/h2,4,6-7H,1,3,5H2,(H,8,9). The molecule has 1 aliphatic rings. The first-order valence-corrected chi connectivity index (χ1v) is 3.30. The van der Waals surface area contributed by atoms with E-state index in [0.29, 0.717) is 6.04 Å². The van der Waals surface area contributed by atoms with Crippen LogP contribution in [0.4, 0.5) is 0 Å². The first-order chi connectivity index (χ1) is 4.43. The molecule has 0 aromatic heterocycles. The van der Waals surface area contributed by atoms with Crippen molar-refractivity contribution in [1.29, 1.82) is 0 Å². The van der Waals surface area contributed by atoms with E-state index < -0.39 is 0 Å². The molecule has 50 valence electrons. The Morgan fingerprint density at radius 3 is 3.11 bits per heavy atom. The Morgan fingerprint density at radius 2 is 2.56 bits per heavy atom. The Hall–Kier alpha value is -0.790. The van der Waals surface area contributed by atoms with Crippen LogP contribution in [0.3, 0.4) is 0 Å². The van der Waals surface area contributed by atoms with Crippen molar-refractivity contribution >= 4 is 6.41 Å². The van der Waals surface area contributed by atoms with E-state index in [9.17, 15) is 4.79 Å². The highest BCUT2D eigenvalue weighted by atomic mass is 16.1. The van der Waals surface area contributed by atoms with Crippen molar-refractivity contribution < 1.29 is 4.79 Å². The zero-order valence-electron chi connectivity index (χ0n) is 5.34. The molecule has 0 radical (unpaired) electrons. The van der Waals surface area contributed by atoms with Gasteiger partial charge >= 0.3 is 0 Å². The largest absolute Gasteiger partial charge is 0.352 e. The summed E-state index contributed by atoms with van der Waals surface area (Å²) < 4.78 is 0. The number of rotatable bonds is 2. The minimum Gasteiger partial charge on any atom is -0.352 e. The molecule has 2 heteroatoms. The minimum atomic E-state index is 0.302. The molecular formula is C7H11NO. The van der Waals surface area contributed by atoms with Crippen LogP contribution in [-0.4, -0.2) is 12.5 Å². The van der Waals surface area contributed by atoms with Gasteiger partial charge in [0.25, 0.3) is 0 Å². The molecule has 0 bridgehead atoms. The summed E-state index contributed by atoms with van der Waals surface area (Å²) >= 11 is 0. The first-order valence-electron chi connectivity index (χ1n) is 3.30. The van der Waals surface area contributed by atoms with Crippen LogP contribution < -0.4 is 5.32 Å². The van der Waals surface area contributed by atoms with Gasteiger partial charge in [-0.05, 0) is 19.3 Å². The van der Waals surface area contributed by atoms with Crippen molar-refractivity contribution in [2.45, 2.75) is 25.3 Å². The summed E-state index contributed by atoms with van der Waals surface area (Å²) in [5, 5.41) is 2.72. The smallest absolute Gasteiger partial charge is 0.207 e. The Balaban J connectivity index is 2.31. The van der Waals surface area contributed by atoms with E-state index in [0.717, 1.165) is 19.3 Å². The molecule has 0 saturated carbocycles. The van der Waals surface area contributed by atoms with Crippen LogP contribution in [0.2, 0.25) is 0 Å². The van der Waals surface area contributed by atoms with Crippen molar-refractivity contribution in [2.24, 2.45) is 0 Å². The normalized spacial score (nSPS) is 25.6. The van der Waals surface area contributed by atoms with Crippen molar-refractivity contribution in [1.82, 2.24) is 5.32 Å². The monoisotopic (exact) mass is 125 g/mol. The van der Waals surface area contributed by atoms with E-state index in [1.54, 1.807) is 0 Å². The zero-order valence-corrected chi connectivity index (χ0v) is 5.34. The average Bonchev–Trinajstić information content (AvgIpc) is 1.91. The van der Waals surface area contributed by atoms with Gasteiger partial charge in [0.15, 0.2) is 0 Å². The SMILES string of the molecule is O=CNC1C=CCCC1. The fourth-order valence-corrected chi connectivity index (χ4v) is 1.04. The summed E-state index contributed by atoms with van der Waals surface area (Å²) in [6.07, 6.45) is 8.39. The molecule has 0 aromatic rings. The van der Waals surface area contributed by atoms with Gasteiger partial charge in [-0.25, -0.2) is 0 Å². The second-order valence-electron chi connectivity index (χ2n) is 2.25. The highest BCUT2D eigenvalue weighted by molar-refractivity contribution is 5.47. The number of allylic oxidation sites excluding steroid dienone is 1. The molecule has 2 nitrogen and oxygen atoms in total. The molecule has 1 unspecified atom stereocenters. The lowest BCUT2D eigenvalue weighted by Gasteiger charge is -2.13. The number of hydrogen-bond acceptors (Lipinski definition) is 1. The zero-order chi connectivity index (χ0) is 6.53. The molecule has 0 fully saturated rings. The molecule has 0 heterocycles. The third-order valence-corrected chi connectivity index (χ3v) is 1.54. The quantitative estimate of drug-likeness (QED) is 0.430. The maximum Gasteiger partial charge on any atom is 0.207 e. The van der Waals surface area contributed by atoms with Crippen molar-refractivity contribution in [3.05, 3.63) is 12.2 Å². The molecule has 1 atom stereocenters. The van der Waals surface area contributed by atoms with E-state index in [2.05, 4.69) is 17.5 Å². The number of nitrogens with one attached hydrogen (secondary N) is 1. The highest BCUT2D eigenvalue weighted by Gasteiger charge is 2.04. The van der Waals surface area contributed by atoms with Crippen LogP contribution in [0, 0.1) is 0 Å². The lowest BCUT2D eigenvalue weighted by molar-refractivity contribution is -0.109. The summed E-state index contributed by atoms with van der Waals surface area (Å²) in [7, 11) is 0. The minimum absolute atomic E-state index is 0.302. The second kappa shape index (κ2) is 3.28. The topological polar surface area (TPSA) is 29.1 Å². The Kier molecular flexibility index (Phi) is 2.31. The molecule has 0 aliphatic heterocycles. The van der Waals surface area contributed by atoms with Crippen molar-refractivity contribution in [2.75, 3.05) is 0 Å². The third kappa shape index (κ3) is 1.88. The van der Waals surface area contributed by atoms with Crippen LogP contribution in [0.5, 0.6) is 0 Å². The van der Waals surface area contributed by atoms with Gasteiger partial charge in [0.2, 0.25) is 6.41 Å². The van der Waals surface area contributed by atoms with Crippen molar-refractivity contribution in [3.8, 4) is 0 Å². The molecule has 1 aliphatic carbocycles. The summed E-state index contributed by atoms with van der Waals surface area (Å²) in [5.41, 5.74) is 0. The van der Waals surface area contributed by atoms with Crippen LogP contribution >= 0.6 is 0 Å². The predicted octanol–water partition coefficient (Wildman–Crippen LogP) is 0.841. The third-order valence-electron chi connectivity index (χ3n) is 1.54. The molecule has 0 aromatic carbocycles. The van der Waals surface area contributed by atoms with Gasteiger partial charge in [-0.3, -0.25) is 4.79 Å². The van der Waals surface area contributed by atoms with Gasteiger partial charge in [0.05, 0.1) is 0 Å². The highest BCUT2D eigenvalue weighted by Crippen LogP contribution is 2.08. The Bertz CT molecular complexity index is 120. The van der Waals surface area contributed by atoms with Gasteiger partial charge < -0.3 is 5.32 Å². The van der Waals surface area contributed by atoms with Crippen molar-refractivity contribution in [3.63, 3.8) is 0 Å². The predicted molar refractivity (Wildman–Crippen MR) is 36.0 cm³/mol. The second-order valence-corrected chi connectivity index (χ2v) is 2.25. The number of carbonyl (C=O) groups excluding carboxylic acids is 1. The Morgan fingerprint density at radius 1 is 1.67 bits per heavy atom. The fraction of sp³-hybridized carbons (Fsp3) is 0.571. The lowest BCUT2D eigenvalue weighted by atomic mass is 10.0. The molecule has 9 heavy (non-hydrogen) atoms. The molecule has 1 rings (SSSR count). The summed E-state index contributed by atoms with van der Waals surface area (Å²) in [6, 6.07) is 0.302. The molecular weight excluding hydrogens is 114 g/mol. The van der Waals surface area contributed by atoms with Gasteiger partial charge in [-0.1, -0.05) is 12.2 Å². The molecule has 0 saturated heterocycles. The molecule has 1 amide bonds. The van der Waals surface area contributed by atoms with E-state index >= 15 is 0 Å². The maximum atomic E-state index is 9.93. The summed E-state index contributed by atoms with van der Waals surface area (Å²) in [5.74, 6) is 0. The maximum absolute atomic E-state index is 9.93. The molecule has 1 N–H and O–H groups in total. The number of hydrogen-bond donors (Lipinski definition) is 1. The average molecular weight is 125 g/mol. The van der Waals surface area contributed by atoms with Gasteiger partial charge in [0.1, 0.15) is 0 Å². The van der Waals surface area contributed by atoms with Crippen LogP contribution in [0.15, 0.2) is 12.2 Å². The van der Waals surface area contributed by atoms with E-state index in [4.69, 9.17) is 0 Å². The van der Waals surface area contributed by atoms with Gasteiger partial charge in [-0.15, -0.1) is 0 Å². The number of carbonyl (C=O) groups is 1. The Labute approximate surface area is 54.9 Å². The first kappa shape index (κ1) is 6.33. The van der Waals surface area contributed by atoms with Crippen LogP contribution in [0.1, 0.15) is 19.3 Å². The van der Waals surface area contributed by atoms with Crippen LogP contribution in [-0.2, 0) is 4.79 Å². The van der Waals surface area contributed by atoms with Crippen LogP contribution in [0.25, 0.3) is 0 Å². The van der Waals surface area contributed by atoms with Gasteiger partial charge in [0, 0.05) is 6.04 Å². The van der Waals surface area contributed by atoms with E-state index in [1.165, 1.54) is 6.42 Å². The number of amides is 1. The summed E-state index contributed by atoms with van der Waals surface area (Å²) in [6.45, 7) is 0. The summed E-state index contributed by atoms with van der Waals surface area (Å²) in [4.78, 5) is 9.93.